The molecule has 0 aromatic heterocycles. The molecule has 8 heteroatoms. The standard InChI is InChI=1S/C13H24N2O5S/c1-12(2,13(3,4)14)11(18)15(7-10(16)17)9-5-6-21(19,20)8-9/h9H,5-8,14H2,1-4H3,(H,16,17). The predicted molar refractivity (Wildman–Crippen MR) is 78.5 cm³/mol. The van der Waals surface area contributed by atoms with E-state index in [1.165, 1.54) is 0 Å². The van der Waals surface area contributed by atoms with Crippen LogP contribution in [0.1, 0.15) is 34.1 Å². The lowest BCUT2D eigenvalue weighted by atomic mass is 9.74. The number of hydrogen-bond donors (Lipinski definition) is 2. The van der Waals surface area contributed by atoms with Crippen LogP contribution in [0.15, 0.2) is 0 Å². The van der Waals surface area contributed by atoms with E-state index in [0.29, 0.717) is 0 Å². The molecule has 1 fully saturated rings. The molecule has 3 N–H and O–H groups in total. The molecule has 1 saturated heterocycles. The lowest BCUT2D eigenvalue weighted by Crippen LogP contribution is -2.59. The van der Waals surface area contributed by atoms with Gasteiger partial charge >= 0.3 is 5.97 Å². The summed E-state index contributed by atoms with van der Waals surface area (Å²) >= 11 is 0. The highest BCUT2D eigenvalue weighted by Gasteiger charge is 2.46. The fourth-order valence-electron chi connectivity index (χ4n) is 2.17. The molecule has 1 aliphatic heterocycles. The van der Waals surface area contributed by atoms with Gasteiger partial charge < -0.3 is 15.7 Å². The number of hydrogen-bond acceptors (Lipinski definition) is 5. The Kier molecular flexibility index (Phi) is 4.74. The molecule has 0 saturated carbocycles. The molecule has 0 spiro atoms. The highest BCUT2D eigenvalue weighted by Crippen LogP contribution is 2.32. The van der Waals surface area contributed by atoms with Gasteiger partial charge in [0.2, 0.25) is 5.91 Å². The number of amides is 1. The number of nitrogens with zero attached hydrogens (tertiary/aromatic N) is 1. The van der Waals surface area contributed by atoms with Crippen molar-refractivity contribution in [2.24, 2.45) is 11.1 Å². The summed E-state index contributed by atoms with van der Waals surface area (Å²) in [6.07, 6.45) is 0.266. The van der Waals surface area contributed by atoms with Crippen molar-refractivity contribution in [2.75, 3.05) is 18.1 Å². The van der Waals surface area contributed by atoms with Crippen molar-refractivity contribution < 1.29 is 23.1 Å². The molecule has 1 unspecified atom stereocenters. The van der Waals surface area contributed by atoms with E-state index in [1.54, 1.807) is 27.7 Å². The molecular weight excluding hydrogens is 296 g/mol. The highest BCUT2D eigenvalue weighted by atomic mass is 32.2. The van der Waals surface area contributed by atoms with Crippen molar-refractivity contribution in [2.45, 2.75) is 45.7 Å². The van der Waals surface area contributed by atoms with E-state index < -0.39 is 45.3 Å². The molecule has 1 atom stereocenters. The molecule has 21 heavy (non-hydrogen) atoms. The zero-order valence-electron chi connectivity index (χ0n) is 12.9. The number of carbonyl (C=O) groups is 2. The Bertz CT molecular complexity index is 533. The minimum atomic E-state index is -3.21. The maximum absolute atomic E-state index is 12.7. The summed E-state index contributed by atoms with van der Waals surface area (Å²) in [5, 5.41) is 9.02. The lowest BCUT2D eigenvalue weighted by Gasteiger charge is -2.42. The van der Waals surface area contributed by atoms with Crippen molar-refractivity contribution in [3.63, 3.8) is 0 Å². The summed E-state index contributed by atoms with van der Waals surface area (Å²) in [6.45, 7) is 6.16. The van der Waals surface area contributed by atoms with Crippen LogP contribution >= 0.6 is 0 Å². The number of rotatable bonds is 5. The van der Waals surface area contributed by atoms with Crippen LogP contribution in [0.25, 0.3) is 0 Å². The Hall–Kier alpha value is -1.15. The number of aliphatic carboxylic acids is 1. The van der Waals surface area contributed by atoms with Crippen molar-refractivity contribution in [3.8, 4) is 0 Å². The third-order valence-corrected chi connectivity index (χ3v) is 6.11. The lowest BCUT2D eigenvalue weighted by molar-refractivity contribution is -0.152. The quantitative estimate of drug-likeness (QED) is 0.727. The minimum absolute atomic E-state index is 0.0203. The van der Waals surface area contributed by atoms with Crippen molar-refractivity contribution >= 4 is 21.7 Å². The summed E-state index contributed by atoms with van der Waals surface area (Å²) in [5.74, 6) is -1.81. The third-order valence-electron chi connectivity index (χ3n) is 4.36. The second-order valence-corrected chi connectivity index (χ2v) is 8.96. The van der Waals surface area contributed by atoms with Crippen molar-refractivity contribution in [3.05, 3.63) is 0 Å². The Balaban J connectivity index is 3.09. The summed E-state index contributed by atoms with van der Waals surface area (Å²) < 4.78 is 23.2. The Labute approximate surface area is 125 Å². The van der Waals surface area contributed by atoms with E-state index in [2.05, 4.69) is 0 Å². The van der Waals surface area contributed by atoms with Gasteiger partial charge in [0, 0.05) is 11.6 Å². The van der Waals surface area contributed by atoms with E-state index in [1.807, 2.05) is 0 Å². The first kappa shape index (κ1) is 17.9. The van der Waals surface area contributed by atoms with Gasteiger partial charge in [0.05, 0.1) is 16.9 Å². The fraction of sp³-hybridized carbons (Fsp3) is 0.846. The second kappa shape index (κ2) is 5.57. The first-order valence-corrected chi connectivity index (χ1v) is 8.62. The molecule has 0 aromatic carbocycles. The van der Waals surface area contributed by atoms with E-state index in [0.717, 1.165) is 4.90 Å². The SMILES string of the molecule is CC(C)(N)C(C)(C)C(=O)N(CC(=O)O)C1CCS(=O)(=O)C1. The average Bonchev–Trinajstić information content (AvgIpc) is 2.63. The van der Waals surface area contributed by atoms with Gasteiger partial charge in [-0.2, -0.15) is 0 Å². The third kappa shape index (κ3) is 3.94. The normalized spacial score (nSPS) is 22.0. The zero-order valence-corrected chi connectivity index (χ0v) is 13.7. The highest BCUT2D eigenvalue weighted by molar-refractivity contribution is 7.91. The molecule has 1 rings (SSSR count). The van der Waals surface area contributed by atoms with Gasteiger partial charge in [-0.1, -0.05) is 0 Å². The summed E-state index contributed by atoms with van der Waals surface area (Å²) in [5.41, 5.74) is 4.15. The van der Waals surface area contributed by atoms with Crippen LogP contribution in [-0.4, -0.2) is 59.9 Å². The molecule has 0 aromatic rings. The van der Waals surface area contributed by atoms with Crippen molar-refractivity contribution in [1.82, 2.24) is 4.90 Å². The molecule has 7 nitrogen and oxygen atoms in total. The largest absolute Gasteiger partial charge is 0.480 e. The minimum Gasteiger partial charge on any atom is -0.480 e. The van der Waals surface area contributed by atoms with Crippen LogP contribution in [0.2, 0.25) is 0 Å². The van der Waals surface area contributed by atoms with Crippen LogP contribution in [0.4, 0.5) is 0 Å². The average molecular weight is 320 g/mol. The van der Waals surface area contributed by atoms with Gasteiger partial charge in [0.1, 0.15) is 6.54 Å². The van der Waals surface area contributed by atoms with Crippen LogP contribution in [0, 0.1) is 5.41 Å². The molecule has 1 amide bonds. The number of carboxylic acid groups (broad SMARTS) is 1. The van der Waals surface area contributed by atoms with Crippen LogP contribution in [-0.2, 0) is 19.4 Å². The van der Waals surface area contributed by atoms with Gasteiger partial charge in [0.15, 0.2) is 9.84 Å². The maximum atomic E-state index is 12.7. The molecule has 1 aliphatic rings. The Morgan fingerprint density at radius 1 is 1.29 bits per heavy atom. The molecule has 0 radical (unpaired) electrons. The first-order chi connectivity index (χ1) is 9.28. The van der Waals surface area contributed by atoms with E-state index in [4.69, 9.17) is 10.8 Å². The van der Waals surface area contributed by atoms with Gasteiger partial charge in [-0.05, 0) is 34.1 Å². The first-order valence-electron chi connectivity index (χ1n) is 6.80. The summed E-state index contributed by atoms with van der Waals surface area (Å²) in [4.78, 5) is 24.9. The van der Waals surface area contributed by atoms with Gasteiger partial charge in [0.25, 0.3) is 0 Å². The number of carboxylic acids is 1. The number of carbonyl (C=O) groups excluding carboxylic acids is 1. The smallest absolute Gasteiger partial charge is 0.323 e. The maximum Gasteiger partial charge on any atom is 0.323 e. The molecule has 122 valence electrons. The van der Waals surface area contributed by atoms with E-state index in [-0.39, 0.29) is 17.9 Å². The van der Waals surface area contributed by atoms with Gasteiger partial charge in [-0.3, -0.25) is 9.59 Å². The van der Waals surface area contributed by atoms with Crippen LogP contribution < -0.4 is 5.73 Å². The summed E-state index contributed by atoms with van der Waals surface area (Å²) in [7, 11) is -3.21. The molecule has 0 aliphatic carbocycles. The van der Waals surface area contributed by atoms with E-state index >= 15 is 0 Å². The predicted octanol–water partition coefficient (Wildman–Crippen LogP) is -0.150. The second-order valence-electron chi connectivity index (χ2n) is 6.73. The topological polar surface area (TPSA) is 118 Å². The molecule has 0 bridgehead atoms. The summed E-state index contributed by atoms with van der Waals surface area (Å²) in [6, 6.07) is -0.597. The van der Waals surface area contributed by atoms with E-state index in [9.17, 15) is 18.0 Å². The van der Waals surface area contributed by atoms with Crippen LogP contribution in [0.3, 0.4) is 0 Å². The van der Waals surface area contributed by atoms with Crippen LogP contribution in [0.5, 0.6) is 0 Å². The molecule has 1 heterocycles. The Morgan fingerprint density at radius 2 is 1.81 bits per heavy atom. The number of nitrogens with two attached hydrogens (primary N) is 1. The van der Waals surface area contributed by atoms with Crippen molar-refractivity contribution in [1.29, 1.82) is 0 Å². The zero-order chi connectivity index (χ0) is 16.6. The Morgan fingerprint density at radius 3 is 2.14 bits per heavy atom. The van der Waals surface area contributed by atoms with Gasteiger partial charge in [-0.15, -0.1) is 0 Å². The molecular formula is C13H24N2O5S. The number of sulfone groups is 1. The fourth-order valence-corrected chi connectivity index (χ4v) is 3.90. The van der Waals surface area contributed by atoms with Gasteiger partial charge in [-0.25, -0.2) is 8.42 Å². The monoisotopic (exact) mass is 320 g/mol.